The summed E-state index contributed by atoms with van der Waals surface area (Å²) < 4.78 is 30.6. The first-order chi connectivity index (χ1) is 17.6. The molecular weight excluding hydrogens is 551 g/mol. The van der Waals surface area contributed by atoms with Crippen LogP contribution in [0, 0.1) is 19.7 Å². The molecule has 0 bridgehead atoms. The first kappa shape index (κ1) is 27.8. The van der Waals surface area contributed by atoms with E-state index in [1.165, 1.54) is 22.8 Å². The van der Waals surface area contributed by atoms with Crippen molar-refractivity contribution in [3.05, 3.63) is 85.1 Å². The van der Waals surface area contributed by atoms with Crippen LogP contribution >= 0.6 is 15.9 Å². The molecule has 3 aromatic rings. The van der Waals surface area contributed by atoms with E-state index in [2.05, 4.69) is 26.2 Å². The van der Waals surface area contributed by atoms with Gasteiger partial charge in [-0.25, -0.2) is 9.18 Å². The van der Waals surface area contributed by atoms with Crippen LogP contribution in [-0.2, 0) is 22.7 Å². The third kappa shape index (κ3) is 6.92. The fourth-order valence-electron chi connectivity index (χ4n) is 3.49. The first-order valence-corrected chi connectivity index (χ1v) is 11.9. The second-order valence-corrected chi connectivity index (χ2v) is 8.77. The van der Waals surface area contributed by atoms with Crippen LogP contribution in [0.5, 0.6) is 5.88 Å². The van der Waals surface area contributed by atoms with E-state index in [4.69, 9.17) is 19.9 Å². The molecule has 196 valence electrons. The Bertz CT molecular complexity index is 1380. The summed E-state index contributed by atoms with van der Waals surface area (Å²) in [7, 11) is 1.54. The van der Waals surface area contributed by atoms with Crippen molar-refractivity contribution in [1.82, 2.24) is 14.9 Å². The third-order valence-electron chi connectivity index (χ3n) is 5.37. The highest BCUT2D eigenvalue weighted by Crippen LogP contribution is 2.24. The zero-order valence-corrected chi connectivity index (χ0v) is 22.1. The Morgan fingerprint density at radius 2 is 1.89 bits per heavy atom. The molecule has 1 heterocycles. The minimum atomic E-state index is -0.994. The molecule has 12 heteroatoms. The van der Waals surface area contributed by atoms with Gasteiger partial charge in [-0.3, -0.25) is 14.2 Å². The van der Waals surface area contributed by atoms with Gasteiger partial charge in [-0.05, 0) is 70.7 Å². The van der Waals surface area contributed by atoms with E-state index in [1.54, 1.807) is 32.2 Å². The van der Waals surface area contributed by atoms with Gasteiger partial charge in [0.2, 0.25) is 5.88 Å². The Labute approximate surface area is 220 Å². The molecule has 3 rings (SSSR count). The molecule has 0 aliphatic rings. The number of aryl methyl sites for hydroxylation is 2. The zero-order chi connectivity index (χ0) is 27.1. The molecule has 0 aliphatic carbocycles. The van der Waals surface area contributed by atoms with E-state index >= 15 is 0 Å². The molecule has 2 amide bonds. The standard InChI is InChI=1S/C25H26BrFN4O6/c1-14-4-5-16(22(32)29-8-9-35-3)11-20(14)31-15(2)30-23(21(26)24(31)33)36-12-17-6-7-19(27)10-18(17)13-37-25(28)34/h4-7,10-11H,8-9,12-13H2,1-3H3,(H2,28,34)(H,29,32). The minimum absolute atomic E-state index is 0.0240. The first-order valence-electron chi connectivity index (χ1n) is 11.1. The van der Waals surface area contributed by atoms with E-state index in [0.29, 0.717) is 41.4 Å². The number of aromatic nitrogens is 2. The largest absolute Gasteiger partial charge is 0.472 e. The van der Waals surface area contributed by atoms with Crippen LogP contribution in [0.4, 0.5) is 9.18 Å². The van der Waals surface area contributed by atoms with Gasteiger partial charge in [0.05, 0.1) is 12.3 Å². The molecule has 0 fully saturated rings. The predicted octanol–water partition coefficient (Wildman–Crippen LogP) is 3.30. The monoisotopic (exact) mass is 576 g/mol. The number of nitrogens with zero attached hydrogens (tertiary/aromatic N) is 2. The Hall–Kier alpha value is -3.77. The average molecular weight is 577 g/mol. The smallest absolute Gasteiger partial charge is 0.404 e. The number of primary amides is 1. The van der Waals surface area contributed by atoms with Gasteiger partial charge in [0, 0.05) is 19.2 Å². The van der Waals surface area contributed by atoms with Crippen LogP contribution in [0.25, 0.3) is 5.69 Å². The molecule has 0 saturated heterocycles. The van der Waals surface area contributed by atoms with Gasteiger partial charge in [-0.2, -0.15) is 4.98 Å². The van der Waals surface area contributed by atoms with E-state index in [-0.39, 0.29) is 29.5 Å². The van der Waals surface area contributed by atoms with Crippen molar-refractivity contribution in [2.24, 2.45) is 5.73 Å². The lowest BCUT2D eigenvalue weighted by Gasteiger charge is -2.17. The Kier molecular flexibility index (Phi) is 9.36. The molecule has 3 N–H and O–H groups in total. The number of benzene rings is 2. The van der Waals surface area contributed by atoms with Crippen LogP contribution in [0.3, 0.4) is 0 Å². The Morgan fingerprint density at radius 3 is 2.59 bits per heavy atom. The zero-order valence-electron chi connectivity index (χ0n) is 20.5. The van der Waals surface area contributed by atoms with Crippen molar-refractivity contribution in [3.63, 3.8) is 0 Å². The maximum Gasteiger partial charge on any atom is 0.404 e. The molecule has 0 radical (unpaired) electrons. The van der Waals surface area contributed by atoms with Crippen molar-refractivity contribution in [3.8, 4) is 11.6 Å². The van der Waals surface area contributed by atoms with Gasteiger partial charge in [0.15, 0.2) is 0 Å². The van der Waals surface area contributed by atoms with Crippen molar-refractivity contribution in [2.45, 2.75) is 27.1 Å². The second kappa shape index (κ2) is 12.5. The summed E-state index contributed by atoms with van der Waals surface area (Å²) in [5.41, 5.74) is 7.06. The molecule has 37 heavy (non-hydrogen) atoms. The van der Waals surface area contributed by atoms with E-state index < -0.39 is 17.5 Å². The summed E-state index contributed by atoms with van der Waals surface area (Å²) in [6.07, 6.45) is -0.994. The molecule has 0 atom stereocenters. The van der Waals surface area contributed by atoms with Crippen molar-refractivity contribution in [2.75, 3.05) is 20.3 Å². The molecule has 0 spiro atoms. The van der Waals surface area contributed by atoms with Gasteiger partial charge in [0.1, 0.15) is 29.3 Å². The molecular formula is C25H26BrFN4O6. The summed E-state index contributed by atoms with van der Waals surface area (Å²) in [4.78, 5) is 41.2. The van der Waals surface area contributed by atoms with Gasteiger partial charge < -0.3 is 25.3 Å². The number of nitrogens with one attached hydrogen (secondary N) is 1. The highest BCUT2D eigenvalue weighted by atomic mass is 79.9. The molecule has 0 saturated carbocycles. The van der Waals surface area contributed by atoms with E-state index in [1.807, 2.05) is 6.92 Å². The van der Waals surface area contributed by atoms with Crippen molar-refractivity contribution in [1.29, 1.82) is 0 Å². The van der Waals surface area contributed by atoms with Crippen LogP contribution in [-0.4, -0.2) is 41.8 Å². The highest BCUT2D eigenvalue weighted by Gasteiger charge is 2.18. The number of rotatable bonds is 10. The number of ether oxygens (including phenoxy) is 3. The number of nitrogens with two attached hydrogens (primary N) is 1. The lowest BCUT2D eigenvalue weighted by Crippen LogP contribution is -2.28. The number of halogens is 2. The lowest BCUT2D eigenvalue weighted by atomic mass is 10.1. The molecule has 0 aliphatic heterocycles. The van der Waals surface area contributed by atoms with Gasteiger partial charge in [-0.1, -0.05) is 12.1 Å². The van der Waals surface area contributed by atoms with Crippen molar-refractivity contribution < 1.29 is 28.2 Å². The summed E-state index contributed by atoms with van der Waals surface area (Å²) >= 11 is 3.27. The molecule has 0 unspecified atom stereocenters. The lowest BCUT2D eigenvalue weighted by molar-refractivity contribution is 0.0937. The maximum absolute atomic E-state index is 13.7. The maximum atomic E-state index is 13.7. The normalized spacial score (nSPS) is 10.7. The number of hydrogen-bond donors (Lipinski definition) is 2. The van der Waals surface area contributed by atoms with E-state index in [0.717, 1.165) is 5.56 Å². The fourth-order valence-corrected chi connectivity index (χ4v) is 3.87. The predicted molar refractivity (Wildman–Crippen MR) is 136 cm³/mol. The number of hydrogen-bond acceptors (Lipinski definition) is 7. The van der Waals surface area contributed by atoms with Gasteiger partial charge in [-0.15, -0.1) is 0 Å². The van der Waals surface area contributed by atoms with Crippen molar-refractivity contribution >= 4 is 27.9 Å². The van der Waals surface area contributed by atoms with E-state index in [9.17, 15) is 18.8 Å². The summed E-state index contributed by atoms with van der Waals surface area (Å²) in [5, 5.41) is 2.75. The summed E-state index contributed by atoms with van der Waals surface area (Å²) in [5.74, 6) is -0.475. The van der Waals surface area contributed by atoms with Crippen LogP contribution in [0.15, 0.2) is 45.7 Å². The third-order valence-corrected chi connectivity index (χ3v) is 6.05. The van der Waals surface area contributed by atoms with Crippen LogP contribution < -0.4 is 21.3 Å². The fraction of sp³-hybridized carbons (Fsp3) is 0.280. The highest BCUT2D eigenvalue weighted by molar-refractivity contribution is 9.10. The Morgan fingerprint density at radius 1 is 1.14 bits per heavy atom. The quantitative estimate of drug-likeness (QED) is 0.353. The van der Waals surface area contributed by atoms with Crippen LogP contribution in [0.1, 0.15) is 32.9 Å². The summed E-state index contributed by atoms with van der Waals surface area (Å²) in [6.45, 7) is 3.85. The van der Waals surface area contributed by atoms with Gasteiger partial charge in [0.25, 0.3) is 11.5 Å². The number of carbonyl (C=O) groups is 2. The molecule has 10 nitrogen and oxygen atoms in total. The SMILES string of the molecule is COCCNC(=O)c1ccc(C)c(-n2c(C)nc(OCc3ccc(F)cc3COC(N)=O)c(Br)c2=O)c1. The topological polar surface area (TPSA) is 135 Å². The minimum Gasteiger partial charge on any atom is -0.472 e. The number of amides is 2. The molecule has 1 aromatic heterocycles. The Balaban J connectivity index is 1.89. The average Bonchev–Trinajstić information content (AvgIpc) is 2.86. The second-order valence-electron chi connectivity index (χ2n) is 7.98. The number of carbonyl (C=O) groups excluding carboxylic acids is 2. The summed E-state index contributed by atoms with van der Waals surface area (Å²) in [6, 6.07) is 8.94. The van der Waals surface area contributed by atoms with Crippen LogP contribution in [0.2, 0.25) is 0 Å². The van der Waals surface area contributed by atoms with Gasteiger partial charge >= 0.3 is 6.09 Å². The number of methoxy groups -OCH3 is 1. The molecule has 2 aromatic carbocycles.